The van der Waals surface area contributed by atoms with Gasteiger partial charge in [-0.2, -0.15) is 5.10 Å². The predicted molar refractivity (Wildman–Crippen MR) is 72.4 cm³/mol. The Balaban J connectivity index is 2.16. The van der Waals surface area contributed by atoms with Crippen LogP contribution < -0.4 is 5.32 Å². The van der Waals surface area contributed by atoms with E-state index in [-0.39, 0.29) is 6.04 Å². The summed E-state index contributed by atoms with van der Waals surface area (Å²) in [5.74, 6) is 0. The van der Waals surface area contributed by atoms with Crippen LogP contribution in [0.1, 0.15) is 24.2 Å². The summed E-state index contributed by atoms with van der Waals surface area (Å²) in [5.41, 5.74) is 3.42. The number of anilines is 1. The third-order valence-electron chi connectivity index (χ3n) is 2.99. The van der Waals surface area contributed by atoms with Gasteiger partial charge in [-0.3, -0.25) is 4.68 Å². The van der Waals surface area contributed by atoms with E-state index in [1.807, 2.05) is 36.1 Å². The SMILES string of the molecule is COCc1ccccc1NC(C)c1ccnn1C. The number of methoxy groups -OCH3 is 1. The average Bonchev–Trinajstić information content (AvgIpc) is 2.78. The molecule has 0 saturated carbocycles. The number of rotatable bonds is 5. The van der Waals surface area contributed by atoms with Crippen molar-refractivity contribution >= 4 is 5.69 Å². The van der Waals surface area contributed by atoms with Crippen molar-refractivity contribution in [2.24, 2.45) is 7.05 Å². The highest BCUT2D eigenvalue weighted by Gasteiger charge is 2.10. The minimum absolute atomic E-state index is 0.204. The van der Waals surface area contributed by atoms with Crippen LogP contribution in [-0.2, 0) is 18.4 Å². The molecule has 2 rings (SSSR count). The van der Waals surface area contributed by atoms with Crippen molar-refractivity contribution in [1.82, 2.24) is 9.78 Å². The van der Waals surface area contributed by atoms with Crippen LogP contribution in [0.15, 0.2) is 36.5 Å². The van der Waals surface area contributed by atoms with Gasteiger partial charge in [-0.15, -0.1) is 0 Å². The van der Waals surface area contributed by atoms with E-state index in [0.29, 0.717) is 6.61 Å². The summed E-state index contributed by atoms with van der Waals surface area (Å²) in [6, 6.07) is 10.4. The Morgan fingerprint density at radius 2 is 2.11 bits per heavy atom. The summed E-state index contributed by atoms with van der Waals surface area (Å²) in [4.78, 5) is 0. The first-order chi connectivity index (χ1) is 8.72. The van der Waals surface area contributed by atoms with E-state index in [1.165, 1.54) is 0 Å². The number of para-hydroxylation sites is 1. The van der Waals surface area contributed by atoms with Crippen LogP contribution in [0.5, 0.6) is 0 Å². The van der Waals surface area contributed by atoms with E-state index in [0.717, 1.165) is 16.9 Å². The number of hydrogen-bond acceptors (Lipinski definition) is 3. The van der Waals surface area contributed by atoms with E-state index in [2.05, 4.69) is 29.5 Å². The molecular formula is C14H19N3O. The van der Waals surface area contributed by atoms with Crippen LogP contribution in [0.25, 0.3) is 0 Å². The molecule has 1 aromatic carbocycles. The van der Waals surface area contributed by atoms with Crippen molar-refractivity contribution in [2.45, 2.75) is 19.6 Å². The fourth-order valence-corrected chi connectivity index (χ4v) is 2.06. The lowest BCUT2D eigenvalue weighted by molar-refractivity contribution is 0.185. The lowest BCUT2D eigenvalue weighted by Gasteiger charge is -2.18. The van der Waals surface area contributed by atoms with Crippen LogP contribution in [0.2, 0.25) is 0 Å². The number of ether oxygens (including phenoxy) is 1. The van der Waals surface area contributed by atoms with Gasteiger partial charge in [0.05, 0.1) is 18.3 Å². The number of hydrogen-bond donors (Lipinski definition) is 1. The first-order valence-electron chi connectivity index (χ1n) is 6.03. The Kier molecular flexibility index (Phi) is 3.99. The Morgan fingerprint density at radius 1 is 1.33 bits per heavy atom. The molecule has 0 spiro atoms. The summed E-state index contributed by atoms with van der Waals surface area (Å²) in [6.45, 7) is 2.74. The monoisotopic (exact) mass is 245 g/mol. The number of nitrogens with one attached hydrogen (secondary N) is 1. The van der Waals surface area contributed by atoms with Gasteiger partial charge < -0.3 is 10.1 Å². The van der Waals surface area contributed by atoms with Crippen molar-refractivity contribution in [2.75, 3.05) is 12.4 Å². The van der Waals surface area contributed by atoms with Crippen molar-refractivity contribution in [3.8, 4) is 0 Å². The second kappa shape index (κ2) is 5.69. The Morgan fingerprint density at radius 3 is 2.78 bits per heavy atom. The molecule has 0 bridgehead atoms. The maximum atomic E-state index is 5.21. The molecule has 0 fully saturated rings. The molecule has 0 aliphatic rings. The lowest BCUT2D eigenvalue weighted by Crippen LogP contribution is -2.12. The highest BCUT2D eigenvalue weighted by molar-refractivity contribution is 5.52. The maximum Gasteiger partial charge on any atom is 0.0733 e. The normalized spacial score (nSPS) is 12.4. The zero-order valence-corrected chi connectivity index (χ0v) is 11.1. The molecule has 0 radical (unpaired) electrons. The summed E-state index contributed by atoms with van der Waals surface area (Å²) in [7, 11) is 3.66. The van der Waals surface area contributed by atoms with E-state index in [9.17, 15) is 0 Å². The van der Waals surface area contributed by atoms with Crippen molar-refractivity contribution in [3.63, 3.8) is 0 Å². The van der Waals surface area contributed by atoms with Gasteiger partial charge in [0.1, 0.15) is 0 Å². The molecule has 0 aliphatic heterocycles. The largest absolute Gasteiger partial charge is 0.380 e. The van der Waals surface area contributed by atoms with Gasteiger partial charge in [-0.05, 0) is 19.1 Å². The van der Waals surface area contributed by atoms with Gasteiger partial charge in [0.15, 0.2) is 0 Å². The molecule has 1 heterocycles. The van der Waals surface area contributed by atoms with E-state index in [1.54, 1.807) is 7.11 Å². The van der Waals surface area contributed by atoms with Gasteiger partial charge in [0, 0.05) is 31.6 Å². The Bertz CT molecular complexity index is 507. The molecule has 0 aliphatic carbocycles. The summed E-state index contributed by atoms with van der Waals surface area (Å²) in [6.07, 6.45) is 1.81. The molecular weight excluding hydrogens is 226 g/mol. The fourth-order valence-electron chi connectivity index (χ4n) is 2.06. The van der Waals surface area contributed by atoms with Gasteiger partial charge in [0.2, 0.25) is 0 Å². The molecule has 96 valence electrons. The quantitative estimate of drug-likeness (QED) is 0.880. The predicted octanol–water partition coefficient (Wildman–Crippen LogP) is 2.74. The van der Waals surface area contributed by atoms with Crippen LogP contribution in [0, 0.1) is 0 Å². The fraction of sp³-hybridized carbons (Fsp3) is 0.357. The van der Waals surface area contributed by atoms with E-state index in [4.69, 9.17) is 4.74 Å². The van der Waals surface area contributed by atoms with Crippen LogP contribution >= 0.6 is 0 Å². The summed E-state index contributed by atoms with van der Waals surface area (Å²) < 4.78 is 7.09. The molecule has 2 aromatic rings. The highest BCUT2D eigenvalue weighted by Crippen LogP contribution is 2.22. The van der Waals surface area contributed by atoms with Crippen molar-refractivity contribution in [3.05, 3.63) is 47.8 Å². The number of aryl methyl sites for hydroxylation is 1. The minimum atomic E-state index is 0.204. The number of aromatic nitrogens is 2. The summed E-state index contributed by atoms with van der Waals surface area (Å²) >= 11 is 0. The molecule has 18 heavy (non-hydrogen) atoms. The Hall–Kier alpha value is -1.81. The van der Waals surface area contributed by atoms with Gasteiger partial charge in [-0.25, -0.2) is 0 Å². The molecule has 0 saturated heterocycles. The van der Waals surface area contributed by atoms with Gasteiger partial charge in [-0.1, -0.05) is 18.2 Å². The van der Waals surface area contributed by atoms with E-state index < -0.39 is 0 Å². The highest BCUT2D eigenvalue weighted by atomic mass is 16.5. The van der Waals surface area contributed by atoms with Crippen LogP contribution in [0.3, 0.4) is 0 Å². The standard InChI is InChI=1S/C14H19N3O/c1-11(14-8-9-15-17(14)2)16-13-7-5-4-6-12(13)10-18-3/h4-9,11,16H,10H2,1-3H3. The molecule has 4 nitrogen and oxygen atoms in total. The smallest absolute Gasteiger partial charge is 0.0733 e. The molecule has 0 amide bonds. The number of benzene rings is 1. The lowest BCUT2D eigenvalue weighted by atomic mass is 10.1. The van der Waals surface area contributed by atoms with Crippen LogP contribution in [0.4, 0.5) is 5.69 Å². The summed E-state index contributed by atoms with van der Waals surface area (Å²) in [5, 5.41) is 7.69. The second-order valence-electron chi connectivity index (χ2n) is 4.34. The van der Waals surface area contributed by atoms with Gasteiger partial charge in [0.25, 0.3) is 0 Å². The average molecular weight is 245 g/mol. The van der Waals surface area contributed by atoms with Crippen LogP contribution in [-0.4, -0.2) is 16.9 Å². The van der Waals surface area contributed by atoms with E-state index >= 15 is 0 Å². The molecule has 1 N–H and O–H groups in total. The number of nitrogens with zero attached hydrogens (tertiary/aromatic N) is 2. The first-order valence-corrected chi connectivity index (χ1v) is 6.03. The zero-order chi connectivity index (χ0) is 13.0. The maximum absolute atomic E-state index is 5.21. The molecule has 1 unspecified atom stereocenters. The Labute approximate surface area is 108 Å². The third kappa shape index (κ3) is 2.71. The first kappa shape index (κ1) is 12.6. The van der Waals surface area contributed by atoms with Crippen molar-refractivity contribution in [1.29, 1.82) is 0 Å². The topological polar surface area (TPSA) is 39.1 Å². The van der Waals surface area contributed by atoms with Gasteiger partial charge >= 0.3 is 0 Å². The molecule has 1 aromatic heterocycles. The molecule has 4 heteroatoms. The molecule has 1 atom stereocenters. The zero-order valence-electron chi connectivity index (χ0n) is 11.1. The van der Waals surface area contributed by atoms with Crippen molar-refractivity contribution < 1.29 is 4.74 Å². The minimum Gasteiger partial charge on any atom is -0.380 e. The third-order valence-corrected chi connectivity index (χ3v) is 2.99. The second-order valence-corrected chi connectivity index (χ2v) is 4.34.